The molecular formula is C16H14BrN3O4. The molecule has 2 aromatic rings. The summed E-state index contributed by atoms with van der Waals surface area (Å²) in [5.41, 5.74) is 5.19. The van der Waals surface area contributed by atoms with Gasteiger partial charge in [-0.3, -0.25) is 14.8 Å². The molecular weight excluding hydrogens is 378 g/mol. The number of hydroxylamine groups is 1. The number of hydrogen-bond donors (Lipinski definition) is 3. The number of benzene rings is 2. The highest BCUT2D eigenvalue weighted by molar-refractivity contribution is 9.10. The summed E-state index contributed by atoms with van der Waals surface area (Å²) < 4.78 is 5.83. The van der Waals surface area contributed by atoms with Crippen molar-refractivity contribution in [1.82, 2.24) is 10.9 Å². The van der Waals surface area contributed by atoms with E-state index in [9.17, 15) is 9.59 Å². The van der Waals surface area contributed by atoms with Gasteiger partial charge in [0.05, 0.1) is 18.9 Å². The minimum atomic E-state index is -0.654. The first-order valence-electron chi connectivity index (χ1n) is 6.77. The van der Waals surface area contributed by atoms with Crippen LogP contribution in [0.5, 0.6) is 5.75 Å². The maximum absolute atomic E-state index is 12.0. The monoisotopic (exact) mass is 391 g/mol. The Morgan fingerprint density at radius 2 is 1.96 bits per heavy atom. The number of rotatable bonds is 5. The molecule has 0 fully saturated rings. The molecule has 0 saturated heterocycles. The molecule has 0 atom stereocenters. The van der Waals surface area contributed by atoms with Gasteiger partial charge in [0, 0.05) is 15.6 Å². The van der Waals surface area contributed by atoms with Crippen molar-refractivity contribution in [2.75, 3.05) is 7.11 Å². The second kappa shape index (κ2) is 8.23. The van der Waals surface area contributed by atoms with Crippen LogP contribution < -0.4 is 15.6 Å². The van der Waals surface area contributed by atoms with Crippen molar-refractivity contribution in [3.05, 3.63) is 63.6 Å². The molecule has 8 heteroatoms. The smallest absolute Gasteiger partial charge is 0.274 e. The van der Waals surface area contributed by atoms with Gasteiger partial charge in [-0.15, -0.1) is 0 Å². The topological polar surface area (TPSA) is 100 Å². The molecule has 0 aromatic heterocycles. The lowest BCUT2D eigenvalue weighted by atomic mass is 10.1. The molecule has 0 radical (unpaired) electrons. The maximum atomic E-state index is 12.0. The van der Waals surface area contributed by atoms with Crippen LogP contribution in [0.4, 0.5) is 0 Å². The van der Waals surface area contributed by atoms with Crippen LogP contribution in [-0.4, -0.2) is 30.3 Å². The fraction of sp³-hybridized carbons (Fsp3) is 0.0625. The van der Waals surface area contributed by atoms with E-state index in [1.807, 2.05) is 0 Å². The van der Waals surface area contributed by atoms with Gasteiger partial charge in [0.15, 0.2) is 0 Å². The Balaban J connectivity index is 2.13. The van der Waals surface area contributed by atoms with E-state index in [1.165, 1.54) is 25.5 Å². The summed E-state index contributed by atoms with van der Waals surface area (Å²) in [7, 11) is 1.44. The minimum Gasteiger partial charge on any atom is -0.496 e. The molecule has 0 aliphatic rings. The quantitative estimate of drug-likeness (QED) is 0.413. The van der Waals surface area contributed by atoms with Gasteiger partial charge in [-0.2, -0.15) is 5.10 Å². The van der Waals surface area contributed by atoms with Gasteiger partial charge < -0.3 is 4.74 Å². The van der Waals surface area contributed by atoms with Gasteiger partial charge in [0.1, 0.15) is 5.75 Å². The van der Waals surface area contributed by atoms with E-state index in [1.54, 1.807) is 35.8 Å². The summed E-state index contributed by atoms with van der Waals surface area (Å²) >= 11 is 3.29. The first-order chi connectivity index (χ1) is 11.6. The summed E-state index contributed by atoms with van der Waals surface area (Å²) in [6.07, 6.45) is 1.40. The zero-order valence-corrected chi connectivity index (χ0v) is 14.2. The van der Waals surface area contributed by atoms with E-state index in [-0.39, 0.29) is 11.5 Å². The zero-order chi connectivity index (χ0) is 17.5. The second-order valence-electron chi connectivity index (χ2n) is 4.58. The highest BCUT2D eigenvalue weighted by Crippen LogP contribution is 2.19. The molecule has 24 heavy (non-hydrogen) atoms. The molecule has 0 saturated carbocycles. The van der Waals surface area contributed by atoms with Crippen LogP contribution in [0.3, 0.4) is 0 Å². The molecule has 2 aromatic carbocycles. The van der Waals surface area contributed by atoms with E-state index >= 15 is 0 Å². The molecule has 3 N–H and O–H groups in total. The SMILES string of the molecule is COc1cc(C(=O)NO)ccc1/C=N/NC(=O)c1ccccc1Br. The van der Waals surface area contributed by atoms with Crippen LogP contribution >= 0.6 is 15.9 Å². The number of amides is 2. The van der Waals surface area contributed by atoms with Crippen molar-refractivity contribution in [3.63, 3.8) is 0 Å². The van der Waals surface area contributed by atoms with Gasteiger partial charge >= 0.3 is 0 Å². The number of carbonyl (C=O) groups is 2. The summed E-state index contributed by atoms with van der Waals surface area (Å²) in [6.45, 7) is 0. The Hall–Kier alpha value is -2.71. The van der Waals surface area contributed by atoms with Gasteiger partial charge in [0.2, 0.25) is 0 Å². The first-order valence-corrected chi connectivity index (χ1v) is 7.56. The van der Waals surface area contributed by atoms with Gasteiger partial charge in [-0.25, -0.2) is 10.9 Å². The van der Waals surface area contributed by atoms with E-state index in [0.717, 1.165) is 0 Å². The highest BCUT2D eigenvalue weighted by Gasteiger charge is 2.10. The molecule has 0 aliphatic carbocycles. The van der Waals surface area contributed by atoms with Crippen LogP contribution in [-0.2, 0) is 0 Å². The van der Waals surface area contributed by atoms with Crippen molar-refractivity contribution < 1.29 is 19.5 Å². The Labute approximate surface area is 146 Å². The average Bonchev–Trinajstić information content (AvgIpc) is 2.61. The summed E-state index contributed by atoms with van der Waals surface area (Å²) in [5, 5.41) is 12.5. The lowest BCUT2D eigenvalue weighted by molar-refractivity contribution is 0.0706. The lowest BCUT2D eigenvalue weighted by Gasteiger charge is -2.07. The van der Waals surface area contributed by atoms with E-state index in [4.69, 9.17) is 9.94 Å². The standard InChI is InChI=1S/C16H14BrN3O4/c1-24-14-8-10(15(21)20-23)6-7-11(14)9-18-19-16(22)12-4-2-3-5-13(12)17/h2-9,23H,1H3,(H,19,22)(H,20,21)/b18-9+. The zero-order valence-electron chi connectivity index (χ0n) is 12.6. The van der Waals surface area contributed by atoms with E-state index in [0.29, 0.717) is 21.3 Å². The predicted molar refractivity (Wildman–Crippen MR) is 91.4 cm³/mol. The Morgan fingerprint density at radius 3 is 2.62 bits per heavy atom. The maximum Gasteiger partial charge on any atom is 0.274 e. The molecule has 0 bridgehead atoms. The van der Waals surface area contributed by atoms with Crippen molar-refractivity contribution in [2.24, 2.45) is 5.10 Å². The number of nitrogens with zero attached hydrogens (tertiary/aromatic N) is 1. The number of hydrogen-bond acceptors (Lipinski definition) is 5. The summed E-state index contributed by atoms with van der Waals surface area (Å²) in [5.74, 6) is -0.650. The van der Waals surface area contributed by atoms with Gasteiger partial charge in [-0.1, -0.05) is 12.1 Å². The molecule has 0 aliphatic heterocycles. The van der Waals surface area contributed by atoms with Crippen LogP contribution in [0.1, 0.15) is 26.3 Å². The van der Waals surface area contributed by atoms with Crippen LogP contribution in [0.15, 0.2) is 52.0 Å². The van der Waals surface area contributed by atoms with E-state index < -0.39 is 5.91 Å². The van der Waals surface area contributed by atoms with E-state index in [2.05, 4.69) is 26.5 Å². The Kier molecular flexibility index (Phi) is 6.05. The number of nitrogens with one attached hydrogen (secondary N) is 2. The Bertz CT molecular complexity index is 793. The second-order valence-corrected chi connectivity index (χ2v) is 5.43. The molecule has 2 amide bonds. The van der Waals surface area contributed by atoms with Crippen molar-refractivity contribution >= 4 is 34.0 Å². The van der Waals surface area contributed by atoms with Crippen LogP contribution in [0.25, 0.3) is 0 Å². The highest BCUT2D eigenvalue weighted by atomic mass is 79.9. The lowest BCUT2D eigenvalue weighted by Crippen LogP contribution is -2.19. The van der Waals surface area contributed by atoms with Crippen molar-refractivity contribution in [3.8, 4) is 5.75 Å². The Morgan fingerprint density at radius 1 is 1.21 bits per heavy atom. The number of carbonyl (C=O) groups excluding carboxylic acids is 2. The molecule has 7 nitrogen and oxygen atoms in total. The van der Waals surface area contributed by atoms with Gasteiger partial charge in [0.25, 0.3) is 11.8 Å². The summed E-state index contributed by atoms with van der Waals surface area (Å²) in [6, 6.07) is 11.5. The van der Waals surface area contributed by atoms with Crippen LogP contribution in [0.2, 0.25) is 0 Å². The predicted octanol–water partition coefficient (Wildman–Crippen LogP) is 2.34. The molecule has 0 heterocycles. The third kappa shape index (κ3) is 4.18. The fourth-order valence-electron chi connectivity index (χ4n) is 1.89. The third-order valence-electron chi connectivity index (χ3n) is 3.09. The summed E-state index contributed by atoms with van der Waals surface area (Å²) in [4.78, 5) is 23.4. The normalized spacial score (nSPS) is 10.5. The molecule has 0 spiro atoms. The molecule has 0 unspecified atom stereocenters. The molecule has 2 rings (SSSR count). The third-order valence-corrected chi connectivity index (χ3v) is 3.78. The average molecular weight is 392 g/mol. The molecule has 124 valence electrons. The largest absolute Gasteiger partial charge is 0.496 e. The number of ether oxygens (including phenoxy) is 1. The fourth-order valence-corrected chi connectivity index (χ4v) is 2.35. The van der Waals surface area contributed by atoms with Crippen molar-refractivity contribution in [2.45, 2.75) is 0 Å². The minimum absolute atomic E-state index is 0.226. The van der Waals surface area contributed by atoms with Gasteiger partial charge in [-0.05, 0) is 46.3 Å². The first kappa shape index (κ1) is 17.6. The van der Waals surface area contributed by atoms with Crippen LogP contribution in [0, 0.1) is 0 Å². The number of hydrazone groups is 1. The number of methoxy groups -OCH3 is 1. The van der Waals surface area contributed by atoms with Crippen molar-refractivity contribution in [1.29, 1.82) is 0 Å². The number of halogens is 1.